The smallest absolute Gasteiger partial charge is 0.338 e. The minimum absolute atomic E-state index is 0.0145. The Kier molecular flexibility index (Phi) is 26.8. The first-order valence-corrected chi connectivity index (χ1v) is 47.3. The summed E-state index contributed by atoms with van der Waals surface area (Å²) in [5, 5.41) is -2.03. The van der Waals surface area contributed by atoms with E-state index < -0.39 is 112 Å². The van der Waals surface area contributed by atoms with Gasteiger partial charge < -0.3 is 41.7 Å². The summed E-state index contributed by atoms with van der Waals surface area (Å²) in [6.45, 7) is 50.9. The lowest BCUT2D eigenvalue weighted by atomic mass is 9.80. The molecule has 13 nitrogen and oxygen atoms in total. The predicted octanol–water partition coefficient (Wildman–Crippen LogP) is 18.2. The lowest BCUT2D eigenvalue weighted by molar-refractivity contribution is -0.266. The molecular formula is C75H123IO13SSi3. The van der Waals surface area contributed by atoms with Gasteiger partial charge in [-0.2, -0.15) is 0 Å². The molecule has 0 aliphatic carbocycles. The van der Waals surface area contributed by atoms with Crippen LogP contribution < -0.4 is 0 Å². The zero-order valence-corrected chi connectivity index (χ0v) is 67.0. The highest BCUT2D eigenvalue weighted by Crippen LogP contribution is 2.50. The molecule has 0 amide bonds. The Bertz CT molecular complexity index is 2910. The molecule has 0 saturated carbocycles. The second-order valence-electron chi connectivity index (χ2n) is 33.3. The molecule has 0 N–H and O–H groups in total. The molecule has 0 spiro atoms. The van der Waals surface area contributed by atoms with Gasteiger partial charge in [0.25, 0.3) is 0 Å². The molecule has 5 aliphatic heterocycles. The van der Waals surface area contributed by atoms with Gasteiger partial charge >= 0.3 is 5.97 Å². The quantitative estimate of drug-likeness (QED) is 0.0250. The number of ether oxygens (including phenoxy) is 6. The number of benzene rings is 2. The minimum atomic E-state index is -4.20. The van der Waals surface area contributed by atoms with Crippen molar-refractivity contribution in [3.8, 4) is 0 Å². The summed E-state index contributed by atoms with van der Waals surface area (Å²) in [5.41, 5.74) is 1.25. The highest BCUT2D eigenvalue weighted by Gasteiger charge is 2.60. The average Bonchev–Trinajstić information content (AvgIpc) is 1.65. The van der Waals surface area contributed by atoms with Crippen LogP contribution in [0.4, 0.5) is 0 Å². The Morgan fingerprint density at radius 1 is 0.731 bits per heavy atom. The van der Waals surface area contributed by atoms with Gasteiger partial charge in [0.15, 0.2) is 40.6 Å². The van der Waals surface area contributed by atoms with Gasteiger partial charge in [-0.1, -0.05) is 187 Å². The zero-order valence-electron chi connectivity index (χ0n) is 61.0. The first-order chi connectivity index (χ1) is 43.2. The van der Waals surface area contributed by atoms with Gasteiger partial charge in [-0.25, -0.2) is 13.2 Å². The van der Waals surface area contributed by atoms with Crippen LogP contribution in [0.25, 0.3) is 0 Å². The Morgan fingerprint density at radius 2 is 1.32 bits per heavy atom. The van der Waals surface area contributed by atoms with E-state index in [1.165, 1.54) is 5.57 Å². The van der Waals surface area contributed by atoms with Gasteiger partial charge in [0.1, 0.15) is 41.4 Å². The molecule has 5 heterocycles. The molecule has 7 rings (SSSR count). The number of allylic oxidation sites excluding steroid dienone is 1. The fourth-order valence-corrected chi connectivity index (χ4v) is 20.7. The normalized spacial score (nSPS) is 30.9. The second-order valence-corrected chi connectivity index (χ2v) is 50.4. The molecule has 4 unspecified atom stereocenters. The predicted molar refractivity (Wildman–Crippen MR) is 392 cm³/mol. The van der Waals surface area contributed by atoms with Crippen molar-refractivity contribution < 1.29 is 59.7 Å². The largest absolute Gasteiger partial charge is 0.455 e. The van der Waals surface area contributed by atoms with E-state index in [0.717, 1.165) is 49.4 Å². The third-order valence-corrected chi connectivity index (χ3v) is 40.0. The number of carbonyl (C=O) groups is 2. The summed E-state index contributed by atoms with van der Waals surface area (Å²) in [4.78, 5) is 30.2. The average molecular weight is 1480 g/mol. The second kappa shape index (κ2) is 31.7. The lowest BCUT2D eigenvalue weighted by Gasteiger charge is -2.56. The monoisotopic (exact) mass is 1470 g/mol. The van der Waals surface area contributed by atoms with E-state index in [9.17, 15) is 4.79 Å². The maximum absolute atomic E-state index is 15.7. The van der Waals surface area contributed by atoms with Crippen LogP contribution in [0, 0.1) is 23.7 Å². The molecule has 5 fully saturated rings. The Labute approximate surface area is 580 Å². The van der Waals surface area contributed by atoms with Crippen LogP contribution in [-0.2, 0) is 56.3 Å². The molecule has 5 saturated heterocycles. The number of sulfone groups is 1. The summed E-state index contributed by atoms with van der Waals surface area (Å²) in [7, 11) is -12.3. The van der Waals surface area contributed by atoms with E-state index in [1.54, 1.807) is 36.4 Å². The fraction of sp³-hybridized carbons (Fsp3) is 0.760. The topological polar surface area (TPSA) is 151 Å². The van der Waals surface area contributed by atoms with Gasteiger partial charge in [0.05, 0.1) is 59.3 Å². The van der Waals surface area contributed by atoms with Crippen molar-refractivity contribution in [3.63, 3.8) is 0 Å². The number of hydrogen-bond donors (Lipinski definition) is 0. The molecule has 0 bridgehead atoms. The molecule has 526 valence electrons. The van der Waals surface area contributed by atoms with Crippen LogP contribution in [0.15, 0.2) is 89.9 Å². The molecule has 0 radical (unpaired) electrons. The van der Waals surface area contributed by atoms with E-state index in [0.29, 0.717) is 49.5 Å². The maximum Gasteiger partial charge on any atom is 0.338 e. The van der Waals surface area contributed by atoms with Crippen LogP contribution >= 0.6 is 22.6 Å². The molecule has 18 heteroatoms. The van der Waals surface area contributed by atoms with E-state index in [4.69, 9.17) is 41.7 Å². The van der Waals surface area contributed by atoms with E-state index >= 15 is 13.2 Å². The standard InChI is InChI=1S/C75H123IO13SSi3/c1-23-31-60-65(52(7)63(84-60)44-50(5)24-2)70(90(79,80)58-34-29-26-30-35-58)59(77)46-55-39-41-61-66(82-55)68(88-92(19,20)73(11,12)13)69(89-93(21,22)74(14,15)16)67(85-61)62(87-91(17,18)72(8,9)10)42-38-54(83-71(78)53-32-27-25-28-33-53)36-37-57-47-75(48-76)64(81-57)43-40-56(86-75)45-51(6)49(3)4/h25-30,32-35,38,42,50-52,54-57,60-70H,3,23-24,31,36-37,39-41,43-48H2,1-2,4-22H3/b42-38+/t50-,51-,52+,54?,55?,56-,57?,60+,61+,62+,63-,64+,65-,66+,67+,68+,69-,70?,75-/m1/s1. The van der Waals surface area contributed by atoms with Gasteiger partial charge in [-0.3, -0.25) is 4.79 Å². The van der Waals surface area contributed by atoms with Crippen LogP contribution in [0.1, 0.15) is 198 Å². The number of hydrogen-bond acceptors (Lipinski definition) is 13. The highest BCUT2D eigenvalue weighted by molar-refractivity contribution is 14.1. The summed E-state index contributed by atoms with van der Waals surface area (Å²) >= 11 is 2.48. The number of fused-ring (bicyclic) bond motifs is 2. The summed E-state index contributed by atoms with van der Waals surface area (Å²) < 4.78 is 97.5. The number of alkyl halides is 1. The van der Waals surface area contributed by atoms with Crippen molar-refractivity contribution in [2.24, 2.45) is 23.7 Å². The van der Waals surface area contributed by atoms with Gasteiger partial charge in [0.2, 0.25) is 0 Å². The number of esters is 1. The van der Waals surface area contributed by atoms with Gasteiger partial charge in [0, 0.05) is 23.2 Å². The van der Waals surface area contributed by atoms with Crippen LogP contribution in [-0.4, -0.2) is 140 Å². The summed E-state index contributed by atoms with van der Waals surface area (Å²) in [5.74, 6) is -0.741. The Hall–Kier alpha value is -1.93. The maximum atomic E-state index is 15.7. The molecule has 0 aromatic heterocycles. The number of Topliss-reactive ketones (excluding diaryl/α,β-unsaturated/α-hetero) is 1. The third-order valence-electron chi connectivity index (χ3n) is 23.1. The third kappa shape index (κ3) is 18.9. The van der Waals surface area contributed by atoms with E-state index in [2.05, 4.69) is 178 Å². The van der Waals surface area contributed by atoms with Crippen molar-refractivity contribution in [3.05, 3.63) is 90.5 Å². The van der Waals surface area contributed by atoms with E-state index in [-0.39, 0.29) is 62.5 Å². The number of carbonyl (C=O) groups excluding carboxylic acids is 2. The van der Waals surface area contributed by atoms with Crippen molar-refractivity contribution in [2.45, 2.75) is 337 Å². The highest BCUT2D eigenvalue weighted by atomic mass is 127. The number of rotatable bonds is 29. The molecule has 5 aliphatic rings. The van der Waals surface area contributed by atoms with Crippen molar-refractivity contribution in [2.75, 3.05) is 4.43 Å². The molecule has 2 aromatic carbocycles. The van der Waals surface area contributed by atoms with Crippen LogP contribution in [0.2, 0.25) is 54.4 Å². The van der Waals surface area contributed by atoms with Gasteiger partial charge in [-0.15, -0.1) is 0 Å². The van der Waals surface area contributed by atoms with E-state index in [1.807, 2.05) is 30.3 Å². The SMILES string of the molecule is C=C(C)[C@H](C)C[C@H]1CC[C@@H]2OC(CCC(/C=C/[C@H](O[Si](C)(C)C(C)(C)C)[C@@H]3O[C@H]4CCC(CC(=O)C([C@@H]5[C@@H](C)[C@@H](C[C@H](C)CC)O[C@H]5CCC)S(=O)(=O)c5ccccc5)O[C@@H]4[C@H](O[Si](C)(C)C(C)(C)C)[C@@H]3O[Si](C)(C)C(C)(C)C)OC(=O)c3ccccc3)C[C@]2(CI)O1. The number of ketones is 1. The lowest BCUT2D eigenvalue weighted by Crippen LogP contribution is -2.69. The molecule has 93 heavy (non-hydrogen) atoms. The summed E-state index contributed by atoms with van der Waals surface area (Å²) in [6.07, 6.45) is 7.03. The molecule has 2 aromatic rings. The van der Waals surface area contributed by atoms with Crippen molar-refractivity contribution in [1.29, 1.82) is 0 Å². The Morgan fingerprint density at radius 3 is 1.89 bits per heavy atom. The first-order valence-electron chi connectivity index (χ1n) is 35.5. The van der Waals surface area contributed by atoms with Crippen molar-refractivity contribution >= 4 is 69.1 Å². The molecule has 19 atom stereocenters. The van der Waals surface area contributed by atoms with Crippen LogP contribution in [0.5, 0.6) is 0 Å². The van der Waals surface area contributed by atoms with Crippen LogP contribution in [0.3, 0.4) is 0 Å². The van der Waals surface area contributed by atoms with Gasteiger partial charge in [-0.05, 0) is 167 Å². The number of halogens is 1. The van der Waals surface area contributed by atoms with Crippen molar-refractivity contribution in [1.82, 2.24) is 0 Å². The Balaban J connectivity index is 1.29. The molecular weight excluding hydrogens is 1350 g/mol. The fourth-order valence-electron chi connectivity index (χ4n) is 13.8. The minimum Gasteiger partial charge on any atom is -0.455 e. The first kappa shape index (κ1) is 78.4. The zero-order chi connectivity index (χ0) is 69.0. The summed E-state index contributed by atoms with van der Waals surface area (Å²) in [6, 6.07) is 17.7.